The summed E-state index contributed by atoms with van der Waals surface area (Å²) in [6.45, 7) is 2.22. The van der Waals surface area contributed by atoms with E-state index in [9.17, 15) is 0 Å². The largest absolute Gasteiger partial charge is 0.274 e. The fraction of sp³-hybridized carbons (Fsp3) is 0.455. The summed E-state index contributed by atoms with van der Waals surface area (Å²) in [5.41, 5.74) is 1.17. The molecular formula is C11H15NO2. The SMILES string of the molecule is c1ccc(CON2CCCCO2)cc1. The Labute approximate surface area is 84.1 Å². The minimum absolute atomic E-state index is 0.584. The van der Waals surface area contributed by atoms with Crippen molar-refractivity contribution in [3.8, 4) is 0 Å². The van der Waals surface area contributed by atoms with Crippen molar-refractivity contribution in [3.63, 3.8) is 0 Å². The maximum atomic E-state index is 5.48. The average Bonchev–Trinajstić information content (AvgIpc) is 2.29. The summed E-state index contributed by atoms with van der Waals surface area (Å²) >= 11 is 0. The summed E-state index contributed by atoms with van der Waals surface area (Å²) in [6.07, 6.45) is 2.28. The smallest absolute Gasteiger partial charge is 0.0962 e. The summed E-state index contributed by atoms with van der Waals surface area (Å²) in [5.74, 6) is 0. The predicted octanol–water partition coefficient (Wildman–Crippen LogP) is 2.15. The van der Waals surface area contributed by atoms with Gasteiger partial charge in [0.2, 0.25) is 0 Å². The summed E-state index contributed by atoms with van der Waals surface area (Å²) in [6, 6.07) is 10.1. The number of hydroxylamine groups is 2. The quantitative estimate of drug-likeness (QED) is 0.734. The van der Waals surface area contributed by atoms with Gasteiger partial charge in [-0.1, -0.05) is 35.6 Å². The average molecular weight is 193 g/mol. The molecule has 0 unspecified atom stereocenters. The van der Waals surface area contributed by atoms with Crippen LogP contribution in [0.4, 0.5) is 0 Å². The van der Waals surface area contributed by atoms with Gasteiger partial charge in [0.25, 0.3) is 0 Å². The van der Waals surface area contributed by atoms with Gasteiger partial charge in [0, 0.05) is 0 Å². The zero-order valence-corrected chi connectivity index (χ0v) is 8.19. The lowest BCUT2D eigenvalue weighted by Gasteiger charge is -2.24. The van der Waals surface area contributed by atoms with Crippen molar-refractivity contribution in [1.82, 2.24) is 5.23 Å². The third kappa shape index (κ3) is 2.80. The molecule has 0 saturated carbocycles. The minimum Gasteiger partial charge on any atom is -0.274 e. The Hall–Kier alpha value is -0.900. The maximum absolute atomic E-state index is 5.48. The second-order valence-corrected chi connectivity index (χ2v) is 3.36. The van der Waals surface area contributed by atoms with Gasteiger partial charge < -0.3 is 0 Å². The van der Waals surface area contributed by atoms with E-state index in [1.54, 1.807) is 5.23 Å². The van der Waals surface area contributed by atoms with Crippen molar-refractivity contribution >= 4 is 0 Å². The highest BCUT2D eigenvalue weighted by Crippen LogP contribution is 2.09. The van der Waals surface area contributed by atoms with E-state index in [0.29, 0.717) is 6.61 Å². The zero-order valence-electron chi connectivity index (χ0n) is 8.19. The van der Waals surface area contributed by atoms with Gasteiger partial charge in [0.15, 0.2) is 0 Å². The Balaban J connectivity index is 1.76. The lowest BCUT2D eigenvalue weighted by molar-refractivity contribution is -0.385. The molecule has 1 aromatic carbocycles. The van der Waals surface area contributed by atoms with Gasteiger partial charge in [0.1, 0.15) is 0 Å². The third-order valence-corrected chi connectivity index (χ3v) is 2.19. The van der Waals surface area contributed by atoms with Crippen LogP contribution >= 0.6 is 0 Å². The van der Waals surface area contributed by atoms with E-state index in [2.05, 4.69) is 0 Å². The molecule has 0 N–H and O–H groups in total. The fourth-order valence-electron chi connectivity index (χ4n) is 1.40. The van der Waals surface area contributed by atoms with E-state index in [1.807, 2.05) is 30.3 Å². The topological polar surface area (TPSA) is 21.7 Å². The molecule has 76 valence electrons. The third-order valence-electron chi connectivity index (χ3n) is 2.19. The van der Waals surface area contributed by atoms with Gasteiger partial charge in [-0.05, 0) is 18.4 Å². The highest BCUT2D eigenvalue weighted by atomic mass is 16.9. The van der Waals surface area contributed by atoms with Crippen molar-refractivity contribution in [2.75, 3.05) is 13.2 Å². The molecule has 0 aliphatic carbocycles. The van der Waals surface area contributed by atoms with Gasteiger partial charge in [-0.3, -0.25) is 9.68 Å². The van der Waals surface area contributed by atoms with Crippen molar-refractivity contribution in [1.29, 1.82) is 0 Å². The van der Waals surface area contributed by atoms with Crippen molar-refractivity contribution in [2.45, 2.75) is 19.4 Å². The molecule has 0 bridgehead atoms. The Morgan fingerprint density at radius 3 is 2.79 bits per heavy atom. The van der Waals surface area contributed by atoms with Crippen LogP contribution in [0.25, 0.3) is 0 Å². The van der Waals surface area contributed by atoms with Crippen LogP contribution in [0.2, 0.25) is 0 Å². The Bertz CT molecular complexity index is 257. The maximum Gasteiger partial charge on any atom is 0.0962 e. The van der Waals surface area contributed by atoms with Crippen LogP contribution in [0.15, 0.2) is 30.3 Å². The number of hydrogen-bond acceptors (Lipinski definition) is 3. The van der Waals surface area contributed by atoms with Gasteiger partial charge in [-0.2, -0.15) is 0 Å². The zero-order chi connectivity index (χ0) is 9.64. The molecule has 1 aromatic rings. The second kappa shape index (κ2) is 5.10. The summed E-state index contributed by atoms with van der Waals surface area (Å²) < 4.78 is 0. The van der Waals surface area contributed by atoms with Gasteiger partial charge in [-0.15, -0.1) is 0 Å². The van der Waals surface area contributed by atoms with E-state index < -0.39 is 0 Å². The van der Waals surface area contributed by atoms with E-state index in [0.717, 1.165) is 26.0 Å². The van der Waals surface area contributed by atoms with Crippen molar-refractivity contribution in [3.05, 3.63) is 35.9 Å². The second-order valence-electron chi connectivity index (χ2n) is 3.36. The normalized spacial score (nSPS) is 18.3. The monoisotopic (exact) mass is 193 g/mol. The first kappa shape index (κ1) is 9.65. The summed E-state index contributed by atoms with van der Waals surface area (Å²) in [7, 11) is 0. The first-order chi connectivity index (χ1) is 6.95. The Morgan fingerprint density at radius 1 is 1.21 bits per heavy atom. The standard InChI is InChI=1S/C11H15NO2/c1-2-6-11(7-3-1)10-14-12-8-4-5-9-13-12/h1-3,6-7H,4-5,8-10H2. The Kier molecular flexibility index (Phi) is 3.51. The van der Waals surface area contributed by atoms with Gasteiger partial charge in [-0.25, -0.2) is 0 Å². The fourth-order valence-corrected chi connectivity index (χ4v) is 1.40. The molecule has 1 aliphatic heterocycles. The molecular weight excluding hydrogens is 178 g/mol. The number of rotatable bonds is 3. The molecule has 1 fully saturated rings. The molecule has 3 heteroatoms. The molecule has 0 atom stereocenters. The van der Waals surface area contributed by atoms with Crippen LogP contribution < -0.4 is 0 Å². The molecule has 0 radical (unpaired) electrons. The minimum atomic E-state index is 0.584. The van der Waals surface area contributed by atoms with E-state index in [4.69, 9.17) is 9.68 Å². The van der Waals surface area contributed by atoms with E-state index in [-0.39, 0.29) is 0 Å². The van der Waals surface area contributed by atoms with Crippen LogP contribution in [0.5, 0.6) is 0 Å². The first-order valence-electron chi connectivity index (χ1n) is 5.02. The molecule has 1 aliphatic rings. The first-order valence-corrected chi connectivity index (χ1v) is 5.02. The predicted molar refractivity (Wildman–Crippen MR) is 53.1 cm³/mol. The molecule has 14 heavy (non-hydrogen) atoms. The molecule has 1 saturated heterocycles. The van der Waals surface area contributed by atoms with Crippen LogP contribution in [-0.2, 0) is 16.3 Å². The van der Waals surface area contributed by atoms with Gasteiger partial charge in [0.05, 0.1) is 19.8 Å². The highest BCUT2D eigenvalue weighted by Gasteiger charge is 2.10. The molecule has 1 heterocycles. The Morgan fingerprint density at radius 2 is 2.07 bits per heavy atom. The van der Waals surface area contributed by atoms with E-state index in [1.165, 1.54) is 5.56 Å². The summed E-state index contributed by atoms with van der Waals surface area (Å²) in [4.78, 5) is 10.8. The van der Waals surface area contributed by atoms with Crippen LogP contribution in [0.1, 0.15) is 18.4 Å². The molecule has 0 spiro atoms. The molecule has 2 rings (SSSR count). The molecule has 0 aromatic heterocycles. The van der Waals surface area contributed by atoms with Crippen LogP contribution in [-0.4, -0.2) is 18.4 Å². The highest BCUT2D eigenvalue weighted by molar-refractivity contribution is 5.13. The number of hydrogen-bond donors (Lipinski definition) is 0. The van der Waals surface area contributed by atoms with Crippen molar-refractivity contribution < 1.29 is 9.68 Å². The van der Waals surface area contributed by atoms with Crippen LogP contribution in [0.3, 0.4) is 0 Å². The van der Waals surface area contributed by atoms with Crippen LogP contribution in [0, 0.1) is 0 Å². The van der Waals surface area contributed by atoms with E-state index >= 15 is 0 Å². The molecule has 0 amide bonds. The number of nitrogens with zero attached hydrogens (tertiary/aromatic N) is 1. The van der Waals surface area contributed by atoms with Crippen molar-refractivity contribution in [2.24, 2.45) is 0 Å². The lowest BCUT2D eigenvalue weighted by Crippen LogP contribution is -2.30. The lowest BCUT2D eigenvalue weighted by atomic mass is 10.2. The molecule has 3 nitrogen and oxygen atoms in total. The van der Waals surface area contributed by atoms with Gasteiger partial charge >= 0.3 is 0 Å². The summed E-state index contributed by atoms with van der Waals surface area (Å²) in [5, 5.41) is 1.59. The number of benzene rings is 1.